The first-order valence-electron chi connectivity index (χ1n) is 6.75. The molecule has 17 heavy (non-hydrogen) atoms. The molecular weight excluding hydrogens is 216 g/mol. The molecular formula is C13H26N2O2. The third-order valence-corrected chi connectivity index (χ3v) is 3.80. The minimum absolute atomic E-state index is 0.150. The zero-order valence-electron chi connectivity index (χ0n) is 11.4. The molecule has 1 aliphatic carbocycles. The summed E-state index contributed by atoms with van der Waals surface area (Å²) >= 11 is 0. The Kier molecular flexibility index (Phi) is 5.92. The highest BCUT2D eigenvalue weighted by Gasteiger charge is 2.38. The molecule has 0 aromatic heterocycles. The maximum Gasteiger partial charge on any atom is 0.211 e. The van der Waals surface area contributed by atoms with Gasteiger partial charge in [0.15, 0.2) is 0 Å². The highest BCUT2D eigenvalue weighted by molar-refractivity contribution is 5.48. The smallest absolute Gasteiger partial charge is 0.211 e. The Bertz CT molecular complexity index is 225. The molecule has 0 aliphatic heterocycles. The summed E-state index contributed by atoms with van der Waals surface area (Å²) in [6.07, 6.45) is 6.43. The lowest BCUT2D eigenvalue weighted by Crippen LogP contribution is -2.59. The molecule has 1 saturated carbocycles. The van der Waals surface area contributed by atoms with Crippen LogP contribution in [0.25, 0.3) is 0 Å². The fraction of sp³-hybridized carbons (Fsp3) is 0.923. The molecule has 1 aliphatic rings. The van der Waals surface area contributed by atoms with E-state index in [4.69, 9.17) is 4.74 Å². The van der Waals surface area contributed by atoms with E-state index in [1.54, 1.807) is 0 Å². The summed E-state index contributed by atoms with van der Waals surface area (Å²) in [4.78, 5) is 13.0. The maximum absolute atomic E-state index is 11.1. The lowest BCUT2D eigenvalue weighted by Gasteiger charge is -2.46. The van der Waals surface area contributed by atoms with E-state index >= 15 is 0 Å². The van der Waals surface area contributed by atoms with Crippen LogP contribution in [0.4, 0.5) is 0 Å². The van der Waals surface area contributed by atoms with E-state index in [1.807, 2.05) is 18.9 Å². The Balaban J connectivity index is 2.53. The number of carbonyl (C=O) groups is 1. The van der Waals surface area contributed by atoms with E-state index in [9.17, 15) is 4.79 Å². The quantitative estimate of drug-likeness (QED) is 0.546. The lowest BCUT2D eigenvalue weighted by molar-refractivity contribution is -0.128. The van der Waals surface area contributed by atoms with Crippen molar-refractivity contribution in [2.75, 3.05) is 20.2 Å². The van der Waals surface area contributed by atoms with E-state index in [0.717, 1.165) is 51.7 Å². The zero-order chi connectivity index (χ0) is 12.7. The molecule has 1 fully saturated rings. The number of nitrogens with zero attached hydrogens (tertiary/aromatic N) is 1. The van der Waals surface area contributed by atoms with Gasteiger partial charge in [0.1, 0.15) is 0 Å². The molecule has 4 heteroatoms. The molecule has 1 rings (SSSR count). The van der Waals surface area contributed by atoms with Crippen LogP contribution in [-0.4, -0.2) is 43.3 Å². The topological polar surface area (TPSA) is 41.6 Å². The first-order chi connectivity index (χ1) is 8.22. The molecule has 0 aromatic rings. The van der Waals surface area contributed by atoms with Crippen molar-refractivity contribution in [3.63, 3.8) is 0 Å². The Morgan fingerprint density at radius 3 is 2.47 bits per heavy atom. The highest BCUT2D eigenvalue weighted by atomic mass is 16.5. The summed E-state index contributed by atoms with van der Waals surface area (Å²) in [7, 11) is 1.94. The summed E-state index contributed by atoms with van der Waals surface area (Å²) < 4.78 is 5.78. The predicted molar refractivity (Wildman–Crippen MR) is 68.7 cm³/mol. The van der Waals surface area contributed by atoms with Gasteiger partial charge in [0.25, 0.3) is 0 Å². The van der Waals surface area contributed by atoms with Crippen molar-refractivity contribution < 1.29 is 9.53 Å². The monoisotopic (exact) mass is 242 g/mol. The van der Waals surface area contributed by atoms with Crippen LogP contribution in [0, 0.1) is 0 Å². The van der Waals surface area contributed by atoms with Gasteiger partial charge >= 0.3 is 0 Å². The number of hydrogen-bond donors (Lipinski definition) is 1. The second-order valence-corrected chi connectivity index (χ2v) is 4.74. The van der Waals surface area contributed by atoms with E-state index in [0.29, 0.717) is 6.10 Å². The fourth-order valence-electron chi connectivity index (χ4n) is 2.68. The van der Waals surface area contributed by atoms with E-state index in [1.165, 1.54) is 0 Å². The van der Waals surface area contributed by atoms with Crippen molar-refractivity contribution in [2.24, 2.45) is 0 Å². The average molecular weight is 242 g/mol. The molecule has 100 valence electrons. The minimum atomic E-state index is -0.150. The fourth-order valence-corrected chi connectivity index (χ4v) is 2.68. The van der Waals surface area contributed by atoms with Crippen LogP contribution in [0.15, 0.2) is 0 Å². The van der Waals surface area contributed by atoms with Gasteiger partial charge < -0.3 is 9.64 Å². The third kappa shape index (κ3) is 3.42. The molecule has 1 amide bonds. The second-order valence-electron chi connectivity index (χ2n) is 4.74. The molecule has 0 spiro atoms. The van der Waals surface area contributed by atoms with Crippen LogP contribution in [0.2, 0.25) is 0 Å². The van der Waals surface area contributed by atoms with Crippen molar-refractivity contribution in [3.05, 3.63) is 0 Å². The van der Waals surface area contributed by atoms with Crippen molar-refractivity contribution in [3.8, 4) is 0 Å². The molecule has 1 N–H and O–H groups in total. The molecule has 0 atom stereocenters. The third-order valence-electron chi connectivity index (χ3n) is 3.80. The maximum atomic E-state index is 11.1. The van der Waals surface area contributed by atoms with E-state index < -0.39 is 0 Å². The van der Waals surface area contributed by atoms with Crippen LogP contribution in [0.3, 0.4) is 0 Å². The van der Waals surface area contributed by atoms with Gasteiger partial charge in [-0.2, -0.15) is 0 Å². The molecule has 0 bridgehead atoms. The SMILES string of the molecule is CCCOC1CCC(NC)(N(C=O)CC)CC1. The van der Waals surface area contributed by atoms with Crippen LogP contribution < -0.4 is 5.32 Å². The summed E-state index contributed by atoms with van der Waals surface area (Å²) in [6, 6.07) is 0. The van der Waals surface area contributed by atoms with Crippen molar-refractivity contribution in [1.82, 2.24) is 10.2 Å². The largest absolute Gasteiger partial charge is 0.378 e. The number of ether oxygens (including phenoxy) is 1. The standard InChI is InChI=1S/C13H26N2O2/c1-4-10-17-12-6-8-13(14-3,9-7-12)15(5-2)11-16/h11-12,14H,4-10H2,1-3H3. The predicted octanol–water partition coefficient (Wildman–Crippen LogP) is 1.75. The first kappa shape index (κ1) is 14.5. The van der Waals surface area contributed by atoms with Gasteiger partial charge in [0, 0.05) is 13.2 Å². The summed E-state index contributed by atoms with van der Waals surface area (Å²) in [5.41, 5.74) is -0.150. The van der Waals surface area contributed by atoms with Gasteiger partial charge in [-0.05, 0) is 46.1 Å². The van der Waals surface area contributed by atoms with Gasteiger partial charge in [-0.25, -0.2) is 0 Å². The molecule has 0 heterocycles. The van der Waals surface area contributed by atoms with Gasteiger partial charge in [0.2, 0.25) is 6.41 Å². The van der Waals surface area contributed by atoms with Crippen molar-refractivity contribution >= 4 is 6.41 Å². The average Bonchev–Trinajstić information content (AvgIpc) is 2.39. The second kappa shape index (κ2) is 6.97. The van der Waals surface area contributed by atoms with E-state index in [-0.39, 0.29) is 5.66 Å². The van der Waals surface area contributed by atoms with Crippen LogP contribution in [0.5, 0.6) is 0 Å². The molecule has 0 radical (unpaired) electrons. The number of nitrogens with one attached hydrogen (secondary N) is 1. The first-order valence-corrected chi connectivity index (χ1v) is 6.75. The summed E-state index contributed by atoms with van der Waals surface area (Å²) in [5, 5.41) is 3.34. The normalized spacial score (nSPS) is 29.0. The van der Waals surface area contributed by atoms with Gasteiger partial charge in [0.05, 0.1) is 11.8 Å². The van der Waals surface area contributed by atoms with E-state index in [2.05, 4.69) is 12.2 Å². The van der Waals surface area contributed by atoms with Crippen LogP contribution in [-0.2, 0) is 9.53 Å². The van der Waals surface area contributed by atoms with Gasteiger partial charge in [-0.3, -0.25) is 10.1 Å². The van der Waals surface area contributed by atoms with Crippen molar-refractivity contribution in [1.29, 1.82) is 0 Å². The van der Waals surface area contributed by atoms with Gasteiger partial charge in [-0.1, -0.05) is 6.92 Å². The Hall–Kier alpha value is -0.610. The number of rotatable bonds is 7. The number of hydrogen-bond acceptors (Lipinski definition) is 3. The highest BCUT2D eigenvalue weighted by Crippen LogP contribution is 2.32. The number of carbonyl (C=O) groups excluding carboxylic acids is 1. The Morgan fingerprint density at radius 1 is 1.41 bits per heavy atom. The molecule has 0 unspecified atom stereocenters. The lowest BCUT2D eigenvalue weighted by atomic mass is 9.86. The van der Waals surface area contributed by atoms with Gasteiger partial charge in [-0.15, -0.1) is 0 Å². The summed E-state index contributed by atoms with van der Waals surface area (Å²) in [6.45, 7) is 5.76. The Morgan fingerprint density at radius 2 is 2.06 bits per heavy atom. The number of amides is 1. The molecule has 0 aromatic carbocycles. The Labute approximate surface area is 105 Å². The zero-order valence-corrected chi connectivity index (χ0v) is 11.4. The van der Waals surface area contributed by atoms with Crippen LogP contribution in [0.1, 0.15) is 46.0 Å². The summed E-state index contributed by atoms with van der Waals surface area (Å²) in [5.74, 6) is 0. The van der Waals surface area contributed by atoms with Crippen molar-refractivity contribution in [2.45, 2.75) is 57.7 Å². The molecule has 0 saturated heterocycles. The molecule has 4 nitrogen and oxygen atoms in total. The van der Waals surface area contributed by atoms with Crippen LogP contribution >= 0.6 is 0 Å². The minimum Gasteiger partial charge on any atom is -0.378 e.